The lowest BCUT2D eigenvalue weighted by molar-refractivity contribution is 0.560. The highest BCUT2D eigenvalue weighted by Crippen LogP contribution is 2.24. The van der Waals surface area contributed by atoms with Crippen LogP contribution < -0.4 is 0 Å². The van der Waals surface area contributed by atoms with Crippen LogP contribution in [0.5, 0.6) is 0 Å². The van der Waals surface area contributed by atoms with Crippen LogP contribution in [0.4, 0.5) is 0 Å². The summed E-state index contributed by atoms with van der Waals surface area (Å²) in [6.45, 7) is 8.74. The summed E-state index contributed by atoms with van der Waals surface area (Å²) < 4.78 is 0. The highest BCUT2D eigenvalue weighted by atomic mass is 79.9. The van der Waals surface area contributed by atoms with Gasteiger partial charge in [-0.3, -0.25) is 5.10 Å². The Bertz CT molecular complexity index is 271. The second-order valence-corrected chi connectivity index (χ2v) is 6.07. The molecular formula is C10H17BrN2. The van der Waals surface area contributed by atoms with E-state index in [2.05, 4.69) is 53.8 Å². The standard InChI is InChI=1S/C10H17BrN2/c1-7(11)5-8-6-12-13-9(8)10(2,3)4/h6-7H,5H2,1-4H3,(H,12,13). The molecule has 2 nitrogen and oxygen atoms in total. The van der Waals surface area contributed by atoms with Crippen LogP contribution in [0.2, 0.25) is 0 Å². The normalized spacial score (nSPS) is 14.5. The van der Waals surface area contributed by atoms with Crippen LogP contribution in [0.25, 0.3) is 0 Å². The number of halogens is 1. The largest absolute Gasteiger partial charge is 0.282 e. The highest BCUT2D eigenvalue weighted by molar-refractivity contribution is 9.09. The molecule has 1 N–H and O–H groups in total. The molecule has 0 aliphatic heterocycles. The summed E-state index contributed by atoms with van der Waals surface area (Å²) in [4.78, 5) is 0.506. The second kappa shape index (κ2) is 3.82. The fourth-order valence-electron chi connectivity index (χ4n) is 1.42. The second-order valence-electron chi connectivity index (χ2n) is 4.51. The fraction of sp³-hybridized carbons (Fsp3) is 0.700. The lowest BCUT2D eigenvalue weighted by atomic mass is 9.88. The summed E-state index contributed by atoms with van der Waals surface area (Å²) in [5.41, 5.74) is 2.73. The van der Waals surface area contributed by atoms with E-state index in [9.17, 15) is 0 Å². The number of alkyl halides is 1. The molecule has 1 aromatic rings. The average molecular weight is 245 g/mol. The lowest BCUT2D eigenvalue weighted by Gasteiger charge is -2.18. The van der Waals surface area contributed by atoms with Gasteiger partial charge in [-0.1, -0.05) is 43.6 Å². The first-order valence-corrected chi connectivity index (χ1v) is 5.49. The van der Waals surface area contributed by atoms with Crippen LogP contribution in [0, 0.1) is 0 Å². The number of nitrogens with one attached hydrogen (secondary N) is 1. The molecule has 0 saturated carbocycles. The molecule has 0 spiro atoms. The van der Waals surface area contributed by atoms with Crippen molar-refractivity contribution in [3.63, 3.8) is 0 Å². The summed E-state index contributed by atoms with van der Waals surface area (Å²) in [5, 5.41) is 7.18. The van der Waals surface area contributed by atoms with E-state index in [1.165, 1.54) is 11.3 Å². The molecule has 0 saturated heterocycles. The predicted octanol–water partition coefficient (Wildman–Crippen LogP) is 3.03. The van der Waals surface area contributed by atoms with Gasteiger partial charge in [-0.25, -0.2) is 0 Å². The molecule has 0 radical (unpaired) electrons. The van der Waals surface area contributed by atoms with E-state index in [0.29, 0.717) is 4.83 Å². The van der Waals surface area contributed by atoms with Crippen molar-refractivity contribution in [1.82, 2.24) is 10.2 Å². The van der Waals surface area contributed by atoms with Crippen molar-refractivity contribution in [3.8, 4) is 0 Å². The zero-order chi connectivity index (χ0) is 10.1. The first-order valence-electron chi connectivity index (χ1n) is 4.58. The third-order valence-corrected chi connectivity index (χ3v) is 2.29. The van der Waals surface area contributed by atoms with E-state index in [4.69, 9.17) is 0 Å². The zero-order valence-electron chi connectivity index (χ0n) is 8.69. The predicted molar refractivity (Wildman–Crippen MR) is 59.4 cm³/mol. The Kier molecular flexibility index (Phi) is 3.17. The quantitative estimate of drug-likeness (QED) is 0.797. The molecule has 0 amide bonds. The molecule has 1 rings (SSSR count). The third kappa shape index (κ3) is 2.83. The van der Waals surface area contributed by atoms with Crippen molar-refractivity contribution < 1.29 is 0 Å². The molecule has 0 aliphatic rings. The van der Waals surface area contributed by atoms with Gasteiger partial charge in [0, 0.05) is 15.9 Å². The van der Waals surface area contributed by atoms with Crippen LogP contribution in [0.15, 0.2) is 6.20 Å². The minimum Gasteiger partial charge on any atom is -0.282 e. The number of hydrogen-bond donors (Lipinski definition) is 1. The van der Waals surface area contributed by atoms with Crippen LogP contribution in [-0.2, 0) is 11.8 Å². The third-order valence-electron chi connectivity index (χ3n) is 1.97. The van der Waals surface area contributed by atoms with E-state index in [-0.39, 0.29) is 5.41 Å². The van der Waals surface area contributed by atoms with Crippen LogP contribution in [-0.4, -0.2) is 15.0 Å². The van der Waals surface area contributed by atoms with Gasteiger partial charge < -0.3 is 0 Å². The summed E-state index contributed by atoms with van der Waals surface area (Å²) in [5.74, 6) is 0. The Morgan fingerprint density at radius 2 is 2.15 bits per heavy atom. The average Bonchev–Trinajstić information content (AvgIpc) is 2.31. The maximum atomic E-state index is 4.10. The number of aromatic nitrogens is 2. The smallest absolute Gasteiger partial charge is 0.0522 e. The van der Waals surface area contributed by atoms with Gasteiger partial charge in [0.05, 0.1) is 6.20 Å². The molecule has 1 atom stereocenters. The van der Waals surface area contributed by atoms with Gasteiger partial charge in [0.2, 0.25) is 0 Å². The van der Waals surface area contributed by atoms with Gasteiger partial charge >= 0.3 is 0 Å². The lowest BCUT2D eigenvalue weighted by Crippen LogP contribution is -2.15. The number of rotatable bonds is 2. The Morgan fingerprint density at radius 1 is 1.54 bits per heavy atom. The van der Waals surface area contributed by atoms with Crippen molar-refractivity contribution in [2.75, 3.05) is 0 Å². The Morgan fingerprint density at radius 3 is 2.62 bits per heavy atom. The first kappa shape index (κ1) is 10.8. The van der Waals surface area contributed by atoms with Gasteiger partial charge in [-0.2, -0.15) is 5.10 Å². The molecule has 0 fully saturated rings. The van der Waals surface area contributed by atoms with E-state index in [1.807, 2.05) is 6.20 Å². The van der Waals surface area contributed by atoms with Gasteiger partial charge in [0.25, 0.3) is 0 Å². The first-order chi connectivity index (χ1) is 5.91. The van der Waals surface area contributed by atoms with Crippen molar-refractivity contribution in [1.29, 1.82) is 0 Å². The fourth-order valence-corrected chi connectivity index (χ4v) is 1.77. The molecule has 0 aromatic carbocycles. The maximum absolute atomic E-state index is 4.10. The topological polar surface area (TPSA) is 28.7 Å². The van der Waals surface area contributed by atoms with E-state index in [1.54, 1.807) is 0 Å². The monoisotopic (exact) mass is 244 g/mol. The number of hydrogen-bond acceptors (Lipinski definition) is 1. The summed E-state index contributed by atoms with van der Waals surface area (Å²) in [6.07, 6.45) is 2.96. The Hall–Kier alpha value is -0.310. The van der Waals surface area contributed by atoms with E-state index < -0.39 is 0 Å². The number of nitrogens with zero attached hydrogens (tertiary/aromatic N) is 1. The van der Waals surface area contributed by atoms with Gasteiger partial charge in [0.1, 0.15) is 0 Å². The summed E-state index contributed by atoms with van der Waals surface area (Å²) in [7, 11) is 0. The molecule has 3 heteroatoms. The number of H-pyrrole nitrogens is 1. The minimum absolute atomic E-state index is 0.160. The number of aromatic amines is 1. The Labute approximate surface area is 88.3 Å². The van der Waals surface area contributed by atoms with E-state index >= 15 is 0 Å². The molecule has 0 aliphatic carbocycles. The molecular weight excluding hydrogens is 228 g/mol. The van der Waals surface area contributed by atoms with Crippen LogP contribution >= 0.6 is 15.9 Å². The molecule has 1 unspecified atom stereocenters. The SMILES string of the molecule is CC(Br)Cc1cn[nH]c1C(C)(C)C. The van der Waals surface area contributed by atoms with Crippen molar-refractivity contribution in [2.24, 2.45) is 0 Å². The van der Waals surface area contributed by atoms with Crippen LogP contribution in [0.3, 0.4) is 0 Å². The van der Waals surface area contributed by atoms with Gasteiger partial charge in [-0.15, -0.1) is 0 Å². The summed E-state index contributed by atoms with van der Waals surface area (Å²) >= 11 is 3.56. The summed E-state index contributed by atoms with van der Waals surface area (Å²) in [6, 6.07) is 0. The highest BCUT2D eigenvalue weighted by Gasteiger charge is 2.20. The molecule has 74 valence electrons. The Balaban J connectivity index is 2.90. The molecule has 1 aromatic heterocycles. The minimum atomic E-state index is 0.160. The van der Waals surface area contributed by atoms with Gasteiger partial charge in [0.15, 0.2) is 0 Å². The maximum Gasteiger partial charge on any atom is 0.0522 e. The van der Waals surface area contributed by atoms with Crippen molar-refractivity contribution >= 4 is 15.9 Å². The molecule has 13 heavy (non-hydrogen) atoms. The van der Waals surface area contributed by atoms with Gasteiger partial charge in [-0.05, 0) is 12.0 Å². The van der Waals surface area contributed by atoms with E-state index in [0.717, 1.165) is 6.42 Å². The zero-order valence-corrected chi connectivity index (χ0v) is 10.3. The molecule has 1 heterocycles. The van der Waals surface area contributed by atoms with Crippen molar-refractivity contribution in [3.05, 3.63) is 17.5 Å². The van der Waals surface area contributed by atoms with Crippen LogP contribution in [0.1, 0.15) is 39.0 Å². The molecule has 0 bridgehead atoms. The van der Waals surface area contributed by atoms with Crippen molar-refractivity contribution in [2.45, 2.75) is 44.4 Å².